The zero-order valence-electron chi connectivity index (χ0n) is 11.6. The number of rotatable bonds is 7. The quantitative estimate of drug-likeness (QED) is 0.690. The Labute approximate surface area is 132 Å². The maximum atomic E-state index is 12.3. The van der Waals surface area contributed by atoms with Crippen molar-refractivity contribution in [1.82, 2.24) is 20.0 Å². The molecule has 0 aliphatic heterocycles. The molecule has 0 atom stereocenters. The Kier molecular flexibility index (Phi) is 5.51. The lowest BCUT2D eigenvalue weighted by molar-refractivity contribution is 0.580. The Balaban J connectivity index is 2.12. The number of halogens is 1. The van der Waals surface area contributed by atoms with Crippen LogP contribution in [0.25, 0.3) is 0 Å². The summed E-state index contributed by atoms with van der Waals surface area (Å²) in [5.41, 5.74) is 1.73. The fourth-order valence-corrected chi connectivity index (χ4v) is 3.90. The van der Waals surface area contributed by atoms with E-state index in [4.69, 9.17) is 0 Å². The number of sulfonamides is 1. The molecule has 0 saturated carbocycles. The topological polar surface area (TPSA) is 86.9 Å². The van der Waals surface area contributed by atoms with E-state index in [1.165, 1.54) is 6.33 Å². The van der Waals surface area contributed by atoms with Gasteiger partial charge >= 0.3 is 0 Å². The minimum Gasteiger partial charge on any atom is -0.347 e. The van der Waals surface area contributed by atoms with Gasteiger partial charge in [0.2, 0.25) is 10.0 Å². The molecule has 114 valence electrons. The van der Waals surface area contributed by atoms with E-state index in [2.05, 4.69) is 35.9 Å². The summed E-state index contributed by atoms with van der Waals surface area (Å²) >= 11 is 3.33. The van der Waals surface area contributed by atoms with Crippen LogP contribution in [0.3, 0.4) is 0 Å². The average molecular weight is 373 g/mol. The monoisotopic (exact) mass is 372 g/mol. The van der Waals surface area contributed by atoms with E-state index in [1.54, 1.807) is 18.3 Å². The minimum absolute atomic E-state index is 0.175. The van der Waals surface area contributed by atoms with E-state index in [1.807, 2.05) is 13.0 Å². The highest BCUT2D eigenvalue weighted by molar-refractivity contribution is 9.10. The second-order valence-electron chi connectivity index (χ2n) is 4.45. The lowest BCUT2D eigenvalue weighted by Gasteiger charge is -2.10. The van der Waals surface area contributed by atoms with Crippen molar-refractivity contribution < 1.29 is 8.42 Å². The Hall–Kier alpha value is -1.22. The summed E-state index contributed by atoms with van der Waals surface area (Å²) in [6.45, 7) is 3.77. The molecule has 0 spiro atoms. The standard InChI is InChI=1S/C13H17BrN4O2S/c1-2-15-6-10-3-4-13(12(14)5-10)21(19,20)18-8-11-7-16-9-17-11/h3-5,7,9,15,18H,2,6,8H2,1H3,(H,16,17). The fraction of sp³-hybridized carbons (Fsp3) is 0.308. The van der Waals surface area contributed by atoms with Crippen LogP contribution in [-0.2, 0) is 23.1 Å². The Morgan fingerprint density at radius 3 is 2.76 bits per heavy atom. The van der Waals surface area contributed by atoms with Gasteiger partial charge in [-0.25, -0.2) is 18.1 Å². The molecular weight excluding hydrogens is 356 g/mol. The first-order valence-corrected chi connectivity index (χ1v) is 8.76. The van der Waals surface area contributed by atoms with Crippen LogP contribution in [0.4, 0.5) is 0 Å². The van der Waals surface area contributed by atoms with Crippen molar-refractivity contribution in [1.29, 1.82) is 0 Å². The predicted molar refractivity (Wildman–Crippen MR) is 84.1 cm³/mol. The van der Waals surface area contributed by atoms with Crippen molar-refractivity contribution in [2.45, 2.75) is 24.9 Å². The number of nitrogens with zero attached hydrogens (tertiary/aromatic N) is 1. The summed E-state index contributed by atoms with van der Waals surface area (Å²) < 4.78 is 27.7. The number of benzene rings is 1. The summed E-state index contributed by atoms with van der Waals surface area (Å²) in [5, 5.41) is 3.20. The van der Waals surface area contributed by atoms with Gasteiger partial charge in [0.05, 0.1) is 17.8 Å². The van der Waals surface area contributed by atoms with Gasteiger partial charge in [0.25, 0.3) is 0 Å². The first-order valence-electron chi connectivity index (χ1n) is 6.49. The predicted octanol–water partition coefficient (Wildman–Crippen LogP) is 1.76. The Morgan fingerprint density at radius 2 is 2.14 bits per heavy atom. The highest BCUT2D eigenvalue weighted by atomic mass is 79.9. The van der Waals surface area contributed by atoms with Gasteiger partial charge in [-0.05, 0) is 40.2 Å². The minimum atomic E-state index is -3.57. The fourth-order valence-electron chi connectivity index (χ4n) is 1.77. The van der Waals surface area contributed by atoms with Crippen molar-refractivity contribution in [3.63, 3.8) is 0 Å². The number of imidazole rings is 1. The highest BCUT2D eigenvalue weighted by Crippen LogP contribution is 2.23. The van der Waals surface area contributed by atoms with E-state index in [0.717, 1.165) is 12.1 Å². The maximum absolute atomic E-state index is 12.3. The molecule has 0 aliphatic carbocycles. The molecule has 0 unspecified atom stereocenters. The first kappa shape index (κ1) is 16.2. The van der Waals surface area contributed by atoms with Gasteiger partial charge in [0, 0.05) is 22.9 Å². The normalized spacial score (nSPS) is 11.7. The summed E-state index contributed by atoms with van der Waals surface area (Å²) in [6.07, 6.45) is 3.09. The first-order chi connectivity index (χ1) is 10.0. The summed E-state index contributed by atoms with van der Waals surface area (Å²) in [7, 11) is -3.57. The molecule has 8 heteroatoms. The third-order valence-corrected chi connectivity index (χ3v) is 5.25. The zero-order chi connectivity index (χ0) is 15.3. The SMILES string of the molecule is CCNCc1ccc(S(=O)(=O)NCc2cnc[nH]2)c(Br)c1. The molecule has 1 heterocycles. The highest BCUT2D eigenvalue weighted by Gasteiger charge is 2.17. The second-order valence-corrected chi connectivity index (χ2v) is 7.04. The molecule has 3 N–H and O–H groups in total. The van der Waals surface area contributed by atoms with Gasteiger partial charge in [0.15, 0.2) is 0 Å². The smallest absolute Gasteiger partial charge is 0.242 e. The molecule has 0 bridgehead atoms. The van der Waals surface area contributed by atoms with Gasteiger partial charge < -0.3 is 10.3 Å². The lowest BCUT2D eigenvalue weighted by Crippen LogP contribution is -2.24. The molecular formula is C13H17BrN4O2S. The number of hydrogen-bond acceptors (Lipinski definition) is 4. The van der Waals surface area contributed by atoms with Crippen molar-refractivity contribution in [3.05, 3.63) is 46.5 Å². The van der Waals surface area contributed by atoms with Gasteiger partial charge in [-0.2, -0.15) is 0 Å². The van der Waals surface area contributed by atoms with E-state index >= 15 is 0 Å². The number of aromatic nitrogens is 2. The van der Waals surface area contributed by atoms with E-state index in [-0.39, 0.29) is 11.4 Å². The lowest BCUT2D eigenvalue weighted by atomic mass is 10.2. The van der Waals surface area contributed by atoms with Gasteiger partial charge in [-0.15, -0.1) is 0 Å². The summed E-state index contributed by atoms with van der Waals surface area (Å²) in [6, 6.07) is 5.22. The molecule has 0 radical (unpaired) electrons. The number of hydrogen-bond donors (Lipinski definition) is 3. The van der Waals surface area contributed by atoms with Crippen LogP contribution < -0.4 is 10.0 Å². The number of aromatic amines is 1. The van der Waals surface area contributed by atoms with Crippen molar-refractivity contribution in [2.24, 2.45) is 0 Å². The van der Waals surface area contributed by atoms with Gasteiger partial charge in [0.1, 0.15) is 0 Å². The van der Waals surface area contributed by atoms with Crippen LogP contribution in [-0.4, -0.2) is 24.9 Å². The number of H-pyrrole nitrogens is 1. The summed E-state index contributed by atoms with van der Waals surface area (Å²) in [5.74, 6) is 0. The largest absolute Gasteiger partial charge is 0.347 e. The van der Waals surface area contributed by atoms with Crippen LogP contribution in [0.15, 0.2) is 40.1 Å². The van der Waals surface area contributed by atoms with Crippen LogP contribution in [0.1, 0.15) is 18.2 Å². The van der Waals surface area contributed by atoms with Crippen LogP contribution >= 0.6 is 15.9 Å². The maximum Gasteiger partial charge on any atom is 0.242 e. The van der Waals surface area contributed by atoms with Crippen LogP contribution in [0.5, 0.6) is 0 Å². The molecule has 1 aromatic heterocycles. The summed E-state index contributed by atoms with van der Waals surface area (Å²) in [4.78, 5) is 6.92. The van der Waals surface area contributed by atoms with Crippen LogP contribution in [0.2, 0.25) is 0 Å². The molecule has 21 heavy (non-hydrogen) atoms. The van der Waals surface area contributed by atoms with Crippen molar-refractivity contribution in [3.8, 4) is 0 Å². The molecule has 2 aromatic rings. The van der Waals surface area contributed by atoms with Crippen LogP contribution in [0, 0.1) is 0 Å². The third kappa shape index (κ3) is 4.37. The molecule has 6 nitrogen and oxygen atoms in total. The van der Waals surface area contributed by atoms with E-state index < -0.39 is 10.0 Å². The second kappa shape index (κ2) is 7.17. The molecule has 2 rings (SSSR count). The average Bonchev–Trinajstić information content (AvgIpc) is 2.96. The van der Waals surface area contributed by atoms with Crippen molar-refractivity contribution in [2.75, 3.05) is 6.54 Å². The van der Waals surface area contributed by atoms with E-state index in [9.17, 15) is 8.42 Å². The Morgan fingerprint density at radius 1 is 1.33 bits per heavy atom. The molecule has 0 saturated heterocycles. The van der Waals surface area contributed by atoms with Crippen molar-refractivity contribution >= 4 is 26.0 Å². The molecule has 0 aliphatic rings. The van der Waals surface area contributed by atoms with Gasteiger partial charge in [-0.3, -0.25) is 0 Å². The molecule has 1 aromatic carbocycles. The van der Waals surface area contributed by atoms with Gasteiger partial charge in [-0.1, -0.05) is 13.0 Å². The third-order valence-electron chi connectivity index (χ3n) is 2.87. The number of nitrogens with one attached hydrogen (secondary N) is 3. The Bertz CT molecular complexity index is 686. The van der Waals surface area contributed by atoms with E-state index in [0.29, 0.717) is 16.7 Å². The zero-order valence-corrected chi connectivity index (χ0v) is 14.0. The molecule has 0 amide bonds. The molecule has 0 fully saturated rings.